The first-order valence-corrected chi connectivity index (χ1v) is 11.2. The van der Waals surface area contributed by atoms with E-state index in [4.69, 9.17) is 4.42 Å². The topological polar surface area (TPSA) is 114 Å². The Morgan fingerprint density at radius 2 is 1.69 bits per heavy atom. The van der Waals surface area contributed by atoms with Gasteiger partial charge in [0.1, 0.15) is 17.2 Å². The van der Waals surface area contributed by atoms with Crippen molar-refractivity contribution >= 4 is 23.6 Å². The molecule has 0 radical (unpaired) electrons. The van der Waals surface area contributed by atoms with Crippen LogP contribution in [0.25, 0.3) is 17.4 Å². The van der Waals surface area contributed by atoms with Crippen LogP contribution >= 0.6 is 0 Å². The Kier molecular flexibility index (Phi) is 7.36. The normalized spacial score (nSPS) is 11.1. The van der Waals surface area contributed by atoms with Gasteiger partial charge in [-0.25, -0.2) is 0 Å². The second-order valence-corrected chi connectivity index (χ2v) is 8.06. The maximum Gasteiger partial charge on any atom is 0.270 e. The summed E-state index contributed by atoms with van der Waals surface area (Å²) in [4.78, 5) is 36.4. The fourth-order valence-corrected chi connectivity index (χ4v) is 3.43. The molecule has 2 N–H and O–H groups in total. The first-order chi connectivity index (χ1) is 17.4. The molecule has 0 fully saturated rings. The number of carbonyl (C=O) groups excluding carboxylic acids is 2. The Labute approximate surface area is 207 Å². The molecular weight excluding hydrogens is 458 g/mol. The van der Waals surface area contributed by atoms with Gasteiger partial charge in [0, 0.05) is 35.9 Å². The van der Waals surface area contributed by atoms with E-state index < -0.39 is 16.7 Å². The van der Waals surface area contributed by atoms with E-state index in [1.54, 1.807) is 54.6 Å². The van der Waals surface area contributed by atoms with Crippen LogP contribution in [0, 0.1) is 17.0 Å². The molecule has 0 aliphatic carbocycles. The summed E-state index contributed by atoms with van der Waals surface area (Å²) < 4.78 is 5.82. The highest BCUT2D eigenvalue weighted by molar-refractivity contribution is 6.05. The largest absolute Gasteiger partial charge is 0.457 e. The summed E-state index contributed by atoms with van der Waals surface area (Å²) in [5, 5.41) is 16.6. The monoisotopic (exact) mass is 481 g/mol. The van der Waals surface area contributed by atoms with E-state index in [2.05, 4.69) is 10.6 Å². The molecule has 0 saturated carbocycles. The van der Waals surface area contributed by atoms with Gasteiger partial charge in [0.05, 0.1) is 4.92 Å². The van der Waals surface area contributed by atoms with Crippen LogP contribution in [-0.4, -0.2) is 16.7 Å². The van der Waals surface area contributed by atoms with Gasteiger partial charge in [-0.2, -0.15) is 0 Å². The van der Waals surface area contributed by atoms with Gasteiger partial charge >= 0.3 is 0 Å². The molecule has 0 spiro atoms. The number of rotatable bonds is 8. The van der Waals surface area contributed by atoms with Crippen molar-refractivity contribution in [1.82, 2.24) is 10.6 Å². The molecule has 0 unspecified atom stereocenters. The number of carbonyl (C=O) groups is 2. The molecular formula is C28H23N3O5. The van der Waals surface area contributed by atoms with Crippen LogP contribution in [0.15, 0.2) is 101 Å². The van der Waals surface area contributed by atoms with E-state index in [0.29, 0.717) is 22.6 Å². The Balaban J connectivity index is 1.58. The highest BCUT2D eigenvalue weighted by Gasteiger charge is 2.16. The van der Waals surface area contributed by atoms with Crippen molar-refractivity contribution in [1.29, 1.82) is 0 Å². The number of nitro groups is 1. The van der Waals surface area contributed by atoms with Gasteiger partial charge in [0.2, 0.25) is 0 Å². The number of benzene rings is 3. The number of amides is 2. The van der Waals surface area contributed by atoms with Crippen LogP contribution < -0.4 is 10.6 Å². The van der Waals surface area contributed by atoms with E-state index in [-0.39, 0.29) is 17.9 Å². The number of nitrogens with one attached hydrogen (secondary N) is 2. The highest BCUT2D eigenvalue weighted by atomic mass is 16.6. The molecule has 2 amide bonds. The number of nitrogens with zero attached hydrogens (tertiary/aromatic N) is 1. The van der Waals surface area contributed by atoms with Gasteiger partial charge in [-0.15, -0.1) is 0 Å². The molecule has 4 aromatic rings. The van der Waals surface area contributed by atoms with Crippen LogP contribution in [0.3, 0.4) is 0 Å². The number of non-ortho nitro benzene ring substituents is 1. The summed E-state index contributed by atoms with van der Waals surface area (Å²) >= 11 is 0. The Morgan fingerprint density at radius 3 is 2.42 bits per heavy atom. The predicted molar refractivity (Wildman–Crippen MR) is 136 cm³/mol. The molecule has 0 bridgehead atoms. The molecule has 0 atom stereocenters. The second-order valence-electron chi connectivity index (χ2n) is 8.06. The van der Waals surface area contributed by atoms with E-state index in [1.807, 2.05) is 31.2 Å². The van der Waals surface area contributed by atoms with Crippen molar-refractivity contribution in [3.8, 4) is 11.3 Å². The molecule has 1 aromatic heterocycles. The first kappa shape index (κ1) is 24.2. The third-order valence-electron chi connectivity index (χ3n) is 5.36. The maximum absolute atomic E-state index is 13.0. The Morgan fingerprint density at radius 1 is 0.944 bits per heavy atom. The van der Waals surface area contributed by atoms with Gasteiger partial charge in [-0.1, -0.05) is 60.2 Å². The SMILES string of the molecule is Cc1ccc(CNC(=O)/C(=C/c2ccc(-c3cccc([N+](=O)[O-])c3)o2)NC(=O)c2ccccc2)cc1. The number of hydrogen-bond donors (Lipinski definition) is 2. The summed E-state index contributed by atoms with van der Waals surface area (Å²) in [7, 11) is 0. The molecule has 1 heterocycles. The highest BCUT2D eigenvalue weighted by Crippen LogP contribution is 2.26. The standard InChI is InChI=1S/C28H23N3O5/c1-19-10-12-20(13-11-19)18-29-28(33)25(30-27(32)21-6-3-2-4-7-21)17-24-14-15-26(36-24)22-8-5-9-23(16-22)31(34)35/h2-17H,18H2,1H3,(H,29,33)(H,30,32)/b25-17-. The summed E-state index contributed by atoms with van der Waals surface area (Å²) in [5.74, 6) is -0.255. The maximum atomic E-state index is 13.0. The number of furan rings is 1. The quantitative estimate of drug-likeness (QED) is 0.203. The number of aryl methyl sites for hydroxylation is 1. The molecule has 0 aliphatic heterocycles. The summed E-state index contributed by atoms with van der Waals surface area (Å²) in [6.07, 6.45) is 1.42. The molecule has 8 nitrogen and oxygen atoms in total. The number of hydrogen-bond acceptors (Lipinski definition) is 5. The fourth-order valence-electron chi connectivity index (χ4n) is 3.43. The lowest BCUT2D eigenvalue weighted by molar-refractivity contribution is -0.384. The fraction of sp³-hybridized carbons (Fsp3) is 0.0714. The van der Waals surface area contributed by atoms with Crippen molar-refractivity contribution in [2.45, 2.75) is 13.5 Å². The first-order valence-electron chi connectivity index (χ1n) is 11.2. The van der Waals surface area contributed by atoms with Crippen LogP contribution in [0.1, 0.15) is 27.2 Å². The zero-order valence-electron chi connectivity index (χ0n) is 19.4. The summed E-state index contributed by atoms with van der Waals surface area (Å²) in [6, 6.07) is 25.6. The van der Waals surface area contributed by atoms with Crippen molar-refractivity contribution in [2.24, 2.45) is 0 Å². The van der Waals surface area contributed by atoms with Crippen LogP contribution in [0.2, 0.25) is 0 Å². The minimum Gasteiger partial charge on any atom is -0.457 e. The second kappa shape index (κ2) is 11.0. The van der Waals surface area contributed by atoms with E-state index in [9.17, 15) is 19.7 Å². The lowest BCUT2D eigenvalue weighted by Gasteiger charge is -2.11. The lowest BCUT2D eigenvalue weighted by atomic mass is 10.1. The minimum atomic E-state index is -0.492. The molecule has 4 rings (SSSR count). The van der Waals surface area contributed by atoms with Crippen molar-refractivity contribution in [2.75, 3.05) is 0 Å². The van der Waals surface area contributed by atoms with Gasteiger partial charge < -0.3 is 15.1 Å². The van der Waals surface area contributed by atoms with Gasteiger partial charge in [0.15, 0.2) is 0 Å². The van der Waals surface area contributed by atoms with Crippen LogP contribution in [-0.2, 0) is 11.3 Å². The molecule has 3 aromatic carbocycles. The Bertz CT molecular complexity index is 1420. The van der Waals surface area contributed by atoms with Crippen molar-refractivity contribution in [3.63, 3.8) is 0 Å². The smallest absolute Gasteiger partial charge is 0.270 e. The van der Waals surface area contributed by atoms with Crippen LogP contribution in [0.5, 0.6) is 0 Å². The lowest BCUT2D eigenvalue weighted by Crippen LogP contribution is -2.34. The van der Waals surface area contributed by atoms with E-state index in [1.165, 1.54) is 18.2 Å². The van der Waals surface area contributed by atoms with Crippen molar-refractivity contribution in [3.05, 3.63) is 129 Å². The summed E-state index contributed by atoms with van der Waals surface area (Å²) in [5.41, 5.74) is 2.86. The molecule has 0 saturated heterocycles. The zero-order valence-corrected chi connectivity index (χ0v) is 19.4. The molecule has 36 heavy (non-hydrogen) atoms. The van der Waals surface area contributed by atoms with E-state index >= 15 is 0 Å². The third kappa shape index (κ3) is 6.12. The van der Waals surface area contributed by atoms with Gasteiger partial charge in [-0.3, -0.25) is 19.7 Å². The van der Waals surface area contributed by atoms with E-state index in [0.717, 1.165) is 11.1 Å². The summed E-state index contributed by atoms with van der Waals surface area (Å²) in [6.45, 7) is 2.25. The molecule has 180 valence electrons. The zero-order chi connectivity index (χ0) is 25.5. The third-order valence-corrected chi connectivity index (χ3v) is 5.36. The molecule has 8 heteroatoms. The average Bonchev–Trinajstić information content (AvgIpc) is 3.37. The predicted octanol–water partition coefficient (Wildman–Crippen LogP) is 5.25. The minimum absolute atomic E-state index is 0.00379. The van der Waals surface area contributed by atoms with Crippen molar-refractivity contribution < 1.29 is 18.9 Å². The number of nitro benzene ring substituents is 1. The van der Waals surface area contributed by atoms with Gasteiger partial charge in [-0.05, 0) is 36.8 Å². The Hall–Kier alpha value is -4.98. The molecule has 0 aliphatic rings. The van der Waals surface area contributed by atoms with Crippen LogP contribution in [0.4, 0.5) is 5.69 Å². The average molecular weight is 482 g/mol. The van der Waals surface area contributed by atoms with Gasteiger partial charge in [0.25, 0.3) is 17.5 Å².